The summed E-state index contributed by atoms with van der Waals surface area (Å²) >= 11 is 2.90. The minimum atomic E-state index is -0.912. The molecule has 0 atom stereocenters. The molecule has 0 bridgehead atoms. The van der Waals surface area contributed by atoms with Gasteiger partial charge in [0.15, 0.2) is 0 Å². The molecular weight excluding hydrogens is 270 g/mol. The van der Waals surface area contributed by atoms with Gasteiger partial charge >= 0.3 is 5.97 Å². The Bertz CT molecular complexity index is 571. The molecule has 0 saturated heterocycles. The lowest BCUT2D eigenvalue weighted by Crippen LogP contribution is -2.18. The average molecular weight is 283 g/mol. The third-order valence-corrected chi connectivity index (χ3v) is 4.73. The molecule has 0 aromatic carbocycles. The lowest BCUT2D eigenvalue weighted by atomic mass is 10.1. The number of carbonyl (C=O) groups is 1. The number of thiophene rings is 1. The first-order valence-electron chi connectivity index (χ1n) is 5.27. The standard InChI is InChI=1S/C12H13NO3S2/c1-12(2,16-3)11-13-8(6-18-11)9-4-7(5-17-9)10(14)15/h4-6H,1-3H3,(H,14,15). The number of thiazole rings is 1. The maximum absolute atomic E-state index is 10.8. The zero-order chi connectivity index (χ0) is 13.3. The van der Waals surface area contributed by atoms with Crippen LogP contribution in [-0.2, 0) is 10.3 Å². The van der Waals surface area contributed by atoms with Gasteiger partial charge in [-0.2, -0.15) is 0 Å². The molecule has 2 aromatic heterocycles. The van der Waals surface area contributed by atoms with Crippen molar-refractivity contribution in [1.82, 2.24) is 4.98 Å². The van der Waals surface area contributed by atoms with Crippen LogP contribution in [0.25, 0.3) is 10.6 Å². The maximum Gasteiger partial charge on any atom is 0.336 e. The molecule has 18 heavy (non-hydrogen) atoms. The first kappa shape index (κ1) is 13.2. The summed E-state index contributed by atoms with van der Waals surface area (Å²) in [7, 11) is 1.65. The number of methoxy groups -OCH3 is 1. The van der Waals surface area contributed by atoms with Crippen LogP contribution in [0.4, 0.5) is 0 Å². The number of ether oxygens (including phenoxy) is 1. The van der Waals surface area contributed by atoms with Crippen LogP contribution in [0.1, 0.15) is 29.2 Å². The van der Waals surface area contributed by atoms with E-state index in [4.69, 9.17) is 9.84 Å². The normalized spacial score (nSPS) is 11.7. The van der Waals surface area contributed by atoms with Crippen molar-refractivity contribution in [3.63, 3.8) is 0 Å². The van der Waals surface area contributed by atoms with Crippen molar-refractivity contribution in [3.8, 4) is 10.6 Å². The fourth-order valence-electron chi connectivity index (χ4n) is 1.33. The van der Waals surface area contributed by atoms with Gasteiger partial charge in [0.25, 0.3) is 0 Å². The van der Waals surface area contributed by atoms with Crippen molar-refractivity contribution >= 4 is 28.6 Å². The summed E-state index contributed by atoms with van der Waals surface area (Å²) in [5, 5.41) is 13.3. The minimum absolute atomic E-state index is 0.301. The molecule has 0 unspecified atom stereocenters. The second-order valence-corrected chi connectivity index (χ2v) is 6.03. The van der Waals surface area contributed by atoms with Gasteiger partial charge in [-0.25, -0.2) is 9.78 Å². The molecule has 4 nitrogen and oxygen atoms in total. The summed E-state index contributed by atoms with van der Waals surface area (Å²) in [6, 6.07) is 1.64. The predicted octanol–water partition coefficient (Wildman–Crippen LogP) is 3.45. The fraction of sp³-hybridized carbons (Fsp3) is 0.333. The Labute approximate surface area is 113 Å². The van der Waals surface area contributed by atoms with Gasteiger partial charge in [-0.3, -0.25) is 0 Å². The monoisotopic (exact) mass is 283 g/mol. The van der Waals surface area contributed by atoms with Crippen molar-refractivity contribution in [2.24, 2.45) is 0 Å². The van der Waals surface area contributed by atoms with Crippen LogP contribution in [0.5, 0.6) is 0 Å². The topological polar surface area (TPSA) is 59.4 Å². The average Bonchev–Trinajstić information content (AvgIpc) is 2.97. The molecule has 0 spiro atoms. The van der Waals surface area contributed by atoms with E-state index in [1.165, 1.54) is 22.7 Å². The van der Waals surface area contributed by atoms with E-state index < -0.39 is 11.6 Å². The van der Waals surface area contributed by atoms with Crippen LogP contribution in [0, 0.1) is 0 Å². The Kier molecular flexibility index (Phi) is 3.52. The SMILES string of the molecule is COC(C)(C)c1nc(-c2cc(C(=O)O)cs2)cs1. The van der Waals surface area contributed by atoms with Crippen molar-refractivity contribution < 1.29 is 14.6 Å². The Morgan fingerprint density at radius 2 is 2.11 bits per heavy atom. The van der Waals surface area contributed by atoms with Crippen molar-refractivity contribution in [2.75, 3.05) is 7.11 Å². The predicted molar refractivity (Wildman–Crippen MR) is 72.4 cm³/mol. The van der Waals surface area contributed by atoms with Crippen LogP contribution in [0.2, 0.25) is 0 Å². The molecular formula is C12H13NO3S2. The van der Waals surface area contributed by atoms with E-state index in [0.29, 0.717) is 5.56 Å². The molecule has 2 aromatic rings. The van der Waals surface area contributed by atoms with Gasteiger partial charge in [-0.1, -0.05) is 0 Å². The molecule has 0 radical (unpaired) electrons. The zero-order valence-corrected chi connectivity index (χ0v) is 11.9. The first-order valence-corrected chi connectivity index (χ1v) is 7.03. The van der Waals surface area contributed by atoms with E-state index in [1.807, 2.05) is 19.2 Å². The second-order valence-electron chi connectivity index (χ2n) is 4.26. The summed E-state index contributed by atoms with van der Waals surface area (Å²) in [6.45, 7) is 3.90. The molecule has 0 aliphatic carbocycles. The quantitative estimate of drug-likeness (QED) is 0.933. The summed E-state index contributed by atoms with van der Waals surface area (Å²) < 4.78 is 5.37. The molecule has 1 N–H and O–H groups in total. The number of carboxylic acid groups (broad SMARTS) is 1. The van der Waals surface area contributed by atoms with Crippen LogP contribution in [0.15, 0.2) is 16.8 Å². The number of carboxylic acids is 1. The van der Waals surface area contributed by atoms with Gasteiger partial charge < -0.3 is 9.84 Å². The summed E-state index contributed by atoms with van der Waals surface area (Å²) in [5.74, 6) is -0.912. The highest BCUT2D eigenvalue weighted by Crippen LogP contribution is 2.33. The first-order chi connectivity index (χ1) is 8.44. The number of hydrogen-bond acceptors (Lipinski definition) is 5. The molecule has 96 valence electrons. The molecule has 2 rings (SSSR count). The number of nitrogens with zero attached hydrogens (tertiary/aromatic N) is 1. The van der Waals surface area contributed by atoms with E-state index >= 15 is 0 Å². The van der Waals surface area contributed by atoms with Crippen molar-refractivity contribution in [1.29, 1.82) is 0 Å². The van der Waals surface area contributed by atoms with E-state index in [9.17, 15) is 4.79 Å². The molecule has 0 amide bonds. The number of aromatic nitrogens is 1. The smallest absolute Gasteiger partial charge is 0.336 e. The number of rotatable bonds is 4. The Morgan fingerprint density at radius 1 is 1.39 bits per heavy atom. The highest BCUT2D eigenvalue weighted by Gasteiger charge is 2.24. The molecule has 0 aliphatic heterocycles. The molecule has 2 heterocycles. The Morgan fingerprint density at radius 3 is 2.67 bits per heavy atom. The van der Waals surface area contributed by atoms with E-state index in [2.05, 4.69) is 4.98 Å². The van der Waals surface area contributed by atoms with Crippen LogP contribution >= 0.6 is 22.7 Å². The largest absolute Gasteiger partial charge is 0.478 e. The van der Waals surface area contributed by atoms with Crippen LogP contribution in [0.3, 0.4) is 0 Å². The molecule has 0 aliphatic rings. The Balaban J connectivity index is 2.32. The molecule has 6 heteroatoms. The lowest BCUT2D eigenvalue weighted by molar-refractivity contribution is 0.0191. The maximum atomic E-state index is 10.8. The van der Waals surface area contributed by atoms with Gasteiger partial charge in [-0.05, 0) is 19.9 Å². The van der Waals surface area contributed by atoms with Crippen LogP contribution < -0.4 is 0 Å². The van der Waals surface area contributed by atoms with Gasteiger partial charge in [0.2, 0.25) is 0 Å². The summed E-state index contributed by atoms with van der Waals surface area (Å²) in [4.78, 5) is 16.2. The lowest BCUT2D eigenvalue weighted by Gasteiger charge is -2.19. The molecule has 0 fully saturated rings. The number of aromatic carboxylic acids is 1. The third kappa shape index (κ3) is 2.45. The van der Waals surface area contributed by atoms with E-state index in [0.717, 1.165) is 15.6 Å². The zero-order valence-electron chi connectivity index (χ0n) is 10.3. The second kappa shape index (κ2) is 4.79. The highest BCUT2D eigenvalue weighted by molar-refractivity contribution is 7.14. The third-order valence-electron chi connectivity index (χ3n) is 2.63. The number of hydrogen-bond donors (Lipinski definition) is 1. The summed E-state index contributed by atoms with van der Waals surface area (Å²) in [5.41, 5.74) is 0.684. The minimum Gasteiger partial charge on any atom is -0.478 e. The highest BCUT2D eigenvalue weighted by atomic mass is 32.1. The molecule has 0 saturated carbocycles. The summed E-state index contributed by atoms with van der Waals surface area (Å²) in [6.07, 6.45) is 0. The van der Waals surface area contributed by atoms with Gasteiger partial charge in [0, 0.05) is 17.9 Å². The van der Waals surface area contributed by atoms with Gasteiger partial charge in [-0.15, -0.1) is 22.7 Å². The van der Waals surface area contributed by atoms with E-state index in [-0.39, 0.29) is 0 Å². The van der Waals surface area contributed by atoms with E-state index in [1.54, 1.807) is 18.6 Å². The fourth-order valence-corrected chi connectivity index (χ4v) is 3.17. The van der Waals surface area contributed by atoms with Crippen molar-refractivity contribution in [2.45, 2.75) is 19.4 Å². The Hall–Kier alpha value is -1.24. The van der Waals surface area contributed by atoms with Crippen LogP contribution in [-0.4, -0.2) is 23.2 Å². The van der Waals surface area contributed by atoms with Crippen molar-refractivity contribution in [3.05, 3.63) is 27.4 Å². The van der Waals surface area contributed by atoms with Gasteiger partial charge in [0.05, 0.1) is 16.1 Å². The van der Waals surface area contributed by atoms with Gasteiger partial charge in [0.1, 0.15) is 10.6 Å².